The standard InChI is InChI=1S/C14H21N3O/c15-6-13(10-2-1-5-16-7-10)17-8-11-3-4-14(18)12(11)9-17/h1-2,5,7,11-14,18H,3-4,6,8-9,15H2. The van der Waals surface area contributed by atoms with E-state index in [1.807, 2.05) is 12.3 Å². The summed E-state index contributed by atoms with van der Waals surface area (Å²) in [5, 5.41) is 9.97. The summed E-state index contributed by atoms with van der Waals surface area (Å²) in [5.41, 5.74) is 7.13. The van der Waals surface area contributed by atoms with Crippen LogP contribution in [0.25, 0.3) is 0 Å². The number of aliphatic hydroxyl groups excluding tert-OH is 1. The van der Waals surface area contributed by atoms with E-state index in [2.05, 4.69) is 16.0 Å². The van der Waals surface area contributed by atoms with Crippen molar-refractivity contribution in [3.8, 4) is 0 Å². The lowest BCUT2D eigenvalue weighted by Crippen LogP contribution is -2.33. The first-order chi connectivity index (χ1) is 8.79. The highest BCUT2D eigenvalue weighted by atomic mass is 16.3. The average Bonchev–Trinajstić information content (AvgIpc) is 2.95. The Kier molecular flexibility index (Phi) is 3.33. The molecular formula is C14H21N3O. The molecule has 4 heteroatoms. The molecule has 2 fully saturated rings. The van der Waals surface area contributed by atoms with Crippen LogP contribution in [0.5, 0.6) is 0 Å². The number of nitrogens with two attached hydrogens (primary N) is 1. The first-order valence-electron chi connectivity index (χ1n) is 6.81. The predicted octanol–water partition coefficient (Wildman–Crippen LogP) is 0.784. The van der Waals surface area contributed by atoms with E-state index in [0.29, 0.717) is 18.4 Å². The van der Waals surface area contributed by atoms with Crippen molar-refractivity contribution in [2.45, 2.75) is 25.0 Å². The van der Waals surface area contributed by atoms with Gasteiger partial charge in [0, 0.05) is 44.0 Å². The molecule has 4 nitrogen and oxygen atoms in total. The van der Waals surface area contributed by atoms with Crippen molar-refractivity contribution in [1.82, 2.24) is 9.88 Å². The van der Waals surface area contributed by atoms with Gasteiger partial charge in [0.25, 0.3) is 0 Å². The monoisotopic (exact) mass is 247 g/mol. The van der Waals surface area contributed by atoms with Gasteiger partial charge in [-0.25, -0.2) is 0 Å². The van der Waals surface area contributed by atoms with E-state index in [1.165, 1.54) is 5.56 Å². The first kappa shape index (κ1) is 12.1. The van der Waals surface area contributed by atoms with Crippen molar-refractivity contribution in [3.63, 3.8) is 0 Å². The van der Waals surface area contributed by atoms with E-state index in [4.69, 9.17) is 5.73 Å². The maximum atomic E-state index is 9.97. The second-order valence-electron chi connectivity index (χ2n) is 5.56. The lowest BCUT2D eigenvalue weighted by molar-refractivity contribution is 0.118. The normalized spacial score (nSPS) is 33.6. The number of rotatable bonds is 3. The largest absolute Gasteiger partial charge is 0.393 e. The third kappa shape index (κ3) is 2.05. The van der Waals surface area contributed by atoms with E-state index in [-0.39, 0.29) is 12.1 Å². The van der Waals surface area contributed by atoms with E-state index in [1.54, 1.807) is 6.20 Å². The highest BCUT2D eigenvalue weighted by molar-refractivity contribution is 5.15. The molecule has 98 valence electrons. The van der Waals surface area contributed by atoms with Crippen LogP contribution in [0.15, 0.2) is 24.5 Å². The Morgan fingerprint density at radius 2 is 2.33 bits per heavy atom. The van der Waals surface area contributed by atoms with Crippen LogP contribution in [-0.2, 0) is 0 Å². The molecule has 18 heavy (non-hydrogen) atoms. The Labute approximate surface area is 108 Å². The Bertz CT molecular complexity index is 397. The van der Waals surface area contributed by atoms with Crippen LogP contribution in [0.3, 0.4) is 0 Å². The summed E-state index contributed by atoms with van der Waals surface area (Å²) in [6.07, 6.45) is 5.73. The summed E-state index contributed by atoms with van der Waals surface area (Å²) >= 11 is 0. The molecule has 0 aromatic carbocycles. The van der Waals surface area contributed by atoms with Crippen LogP contribution >= 0.6 is 0 Å². The van der Waals surface area contributed by atoms with Gasteiger partial charge in [-0.05, 0) is 30.4 Å². The quantitative estimate of drug-likeness (QED) is 0.829. The molecule has 2 heterocycles. The molecule has 3 N–H and O–H groups in total. The average molecular weight is 247 g/mol. The van der Waals surface area contributed by atoms with Crippen LogP contribution in [0.1, 0.15) is 24.4 Å². The lowest BCUT2D eigenvalue weighted by Gasteiger charge is -2.27. The van der Waals surface area contributed by atoms with Gasteiger partial charge in [-0.1, -0.05) is 6.07 Å². The van der Waals surface area contributed by atoms with Gasteiger partial charge in [-0.2, -0.15) is 0 Å². The summed E-state index contributed by atoms with van der Waals surface area (Å²) in [4.78, 5) is 6.61. The first-order valence-corrected chi connectivity index (χ1v) is 6.81. The molecule has 4 atom stereocenters. The zero-order valence-electron chi connectivity index (χ0n) is 10.6. The maximum absolute atomic E-state index is 9.97. The summed E-state index contributed by atoms with van der Waals surface area (Å²) in [5.74, 6) is 1.11. The van der Waals surface area contributed by atoms with E-state index >= 15 is 0 Å². The minimum Gasteiger partial charge on any atom is -0.393 e. The van der Waals surface area contributed by atoms with Crippen molar-refractivity contribution in [1.29, 1.82) is 0 Å². The fourth-order valence-corrected chi connectivity index (χ4v) is 3.59. The molecule has 1 saturated heterocycles. The van der Waals surface area contributed by atoms with Crippen LogP contribution in [0.4, 0.5) is 0 Å². The molecule has 0 bridgehead atoms. The van der Waals surface area contributed by atoms with Crippen molar-refractivity contribution in [2.24, 2.45) is 17.6 Å². The minimum atomic E-state index is -0.104. The van der Waals surface area contributed by atoms with E-state index < -0.39 is 0 Å². The van der Waals surface area contributed by atoms with Crippen LogP contribution in [-0.4, -0.2) is 40.7 Å². The summed E-state index contributed by atoms with van der Waals surface area (Å²) < 4.78 is 0. The second-order valence-corrected chi connectivity index (χ2v) is 5.56. The fraction of sp³-hybridized carbons (Fsp3) is 0.643. The van der Waals surface area contributed by atoms with Gasteiger partial charge in [0.05, 0.1) is 6.10 Å². The van der Waals surface area contributed by atoms with Crippen molar-refractivity contribution in [2.75, 3.05) is 19.6 Å². The Morgan fingerprint density at radius 1 is 1.44 bits per heavy atom. The van der Waals surface area contributed by atoms with Gasteiger partial charge in [0.2, 0.25) is 0 Å². The smallest absolute Gasteiger partial charge is 0.0583 e. The van der Waals surface area contributed by atoms with Crippen LogP contribution in [0.2, 0.25) is 0 Å². The van der Waals surface area contributed by atoms with Crippen LogP contribution < -0.4 is 5.73 Å². The van der Waals surface area contributed by atoms with Crippen molar-refractivity contribution >= 4 is 0 Å². The van der Waals surface area contributed by atoms with E-state index in [9.17, 15) is 5.11 Å². The molecule has 3 rings (SSSR count). The molecule has 1 aromatic rings. The van der Waals surface area contributed by atoms with Gasteiger partial charge >= 0.3 is 0 Å². The van der Waals surface area contributed by atoms with Gasteiger partial charge in [0.15, 0.2) is 0 Å². The molecule has 1 saturated carbocycles. The number of likely N-dealkylation sites (tertiary alicyclic amines) is 1. The third-order valence-electron chi connectivity index (χ3n) is 4.58. The van der Waals surface area contributed by atoms with Gasteiger partial charge in [0.1, 0.15) is 0 Å². The molecule has 4 unspecified atom stereocenters. The zero-order chi connectivity index (χ0) is 12.5. The topological polar surface area (TPSA) is 62.4 Å². The molecular weight excluding hydrogens is 226 g/mol. The summed E-state index contributed by atoms with van der Waals surface area (Å²) in [7, 11) is 0. The number of pyridine rings is 1. The highest BCUT2D eigenvalue weighted by Crippen LogP contribution is 2.40. The van der Waals surface area contributed by atoms with Crippen molar-refractivity contribution < 1.29 is 5.11 Å². The maximum Gasteiger partial charge on any atom is 0.0583 e. The van der Waals surface area contributed by atoms with Gasteiger partial charge in [-0.15, -0.1) is 0 Å². The number of aromatic nitrogens is 1. The molecule has 0 radical (unpaired) electrons. The van der Waals surface area contributed by atoms with Gasteiger partial charge < -0.3 is 10.8 Å². The molecule has 1 aromatic heterocycles. The number of fused-ring (bicyclic) bond motifs is 1. The van der Waals surface area contributed by atoms with Crippen LogP contribution in [0, 0.1) is 11.8 Å². The SMILES string of the molecule is NCC(c1cccnc1)N1CC2CCC(O)C2C1. The summed E-state index contributed by atoms with van der Waals surface area (Å²) in [6, 6.07) is 4.30. The number of hydrogen-bond donors (Lipinski definition) is 2. The second kappa shape index (κ2) is 4.96. The highest BCUT2D eigenvalue weighted by Gasteiger charge is 2.43. The number of nitrogens with zero attached hydrogens (tertiary/aromatic N) is 2. The van der Waals surface area contributed by atoms with Gasteiger partial charge in [-0.3, -0.25) is 9.88 Å². The Balaban J connectivity index is 1.75. The Hall–Kier alpha value is -0.970. The van der Waals surface area contributed by atoms with Crippen molar-refractivity contribution in [3.05, 3.63) is 30.1 Å². The minimum absolute atomic E-state index is 0.104. The lowest BCUT2D eigenvalue weighted by atomic mass is 10.00. The molecule has 1 aliphatic heterocycles. The zero-order valence-corrected chi connectivity index (χ0v) is 10.6. The Morgan fingerprint density at radius 3 is 3.00 bits per heavy atom. The summed E-state index contributed by atoms with van der Waals surface area (Å²) in [6.45, 7) is 2.66. The number of hydrogen-bond acceptors (Lipinski definition) is 4. The molecule has 2 aliphatic rings. The van der Waals surface area contributed by atoms with E-state index in [0.717, 1.165) is 25.9 Å². The molecule has 0 amide bonds. The predicted molar refractivity (Wildman–Crippen MR) is 69.8 cm³/mol. The molecule has 0 spiro atoms. The fourth-order valence-electron chi connectivity index (χ4n) is 3.59. The number of aliphatic hydroxyl groups is 1. The third-order valence-corrected chi connectivity index (χ3v) is 4.58. The molecule has 1 aliphatic carbocycles.